The molecular weight excluding hydrogens is 272 g/mol. The van der Waals surface area contributed by atoms with Crippen molar-refractivity contribution >= 4 is 17.2 Å². The van der Waals surface area contributed by atoms with E-state index in [0.717, 1.165) is 18.6 Å². The monoisotopic (exact) mass is 294 g/mol. The molecule has 0 spiro atoms. The number of ether oxygens (including phenoxy) is 1. The molecular formula is C15H22N2O2S. The second-order valence-electron chi connectivity index (χ2n) is 4.72. The van der Waals surface area contributed by atoms with E-state index in [-0.39, 0.29) is 5.91 Å². The number of thiophene rings is 1. The molecule has 1 aromatic rings. The third-order valence-corrected chi connectivity index (χ3v) is 3.48. The number of nitrogens with one attached hydrogen (secondary N) is 1. The molecule has 0 atom stereocenters. The highest BCUT2D eigenvalue weighted by molar-refractivity contribution is 7.12. The summed E-state index contributed by atoms with van der Waals surface area (Å²) in [5.41, 5.74) is 6.07. The summed E-state index contributed by atoms with van der Waals surface area (Å²) in [5, 5.41) is 4.69. The van der Waals surface area contributed by atoms with Crippen LogP contribution in [0.3, 0.4) is 0 Å². The Morgan fingerprint density at radius 1 is 1.50 bits per heavy atom. The molecule has 1 heterocycles. The summed E-state index contributed by atoms with van der Waals surface area (Å²) >= 11 is 1.38. The Labute approximate surface area is 124 Å². The van der Waals surface area contributed by atoms with Gasteiger partial charge in [-0.1, -0.05) is 25.7 Å². The number of hydrogen-bond acceptors (Lipinski definition) is 4. The van der Waals surface area contributed by atoms with Crippen molar-refractivity contribution in [2.45, 2.75) is 20.3 Å². The molecule has 1 amide bonds. The van der Waals surface area contributed by atoms with E-state index in [1.54, 1.807) is 0 Å². The molecule has 0 saturated heterocycles. The Balaban J connectivity index is 2.31. The summed E-state index contributed by atoms with van der Waals surface area (Å²) < 4.78 is 5.45. The van der Waals surface area contributed by atoms with Crippen LogP contribution in [0.1, 0.15) is 35.5 Å². The van der Waals surface area contributed by atoms with Crippen LogP contribution >= 0.6 is 11.3 Å². The first-order valence-corrected chi connectivity index (χ1v) is 7.65. The van der Waals surface area contributed by atoms with Crippen molar-refractivity contribution in [2.75, 3.05) is 26.3 Å². The topological polar surface area (TPSA) is 64.3 Å². The second kappa shape index (κ2) is 9.54. The zero-order valence-corrected chi connectivity index (χ0v) is 12.9. The van der Waals surface area contributed by atoms with Gasteiger partial charge in [-0.3, -0.25) is 4.79 Å². The summed E-state index contributed by atoms with van der Waals surface area (Å²) in [4.78, 5) is 12.6. The van der Waals surface area contributed by atoms with Gasteiger partial charge in [0.1, 0.15) is 4.88 Å². The van der Waals surface area contributed by atoms with E-state index in [2.05, 4.69) is 31.0 Å². The van der Waals surface area contributed by atoms with Gasteiger partial charge in [0.25, 0.3) is 5.91 Å². The smallest absolute Gasteiger partial charge is 0.262 e. The average molecular weight is 294 g/mol. The van der Waals surface area contributed by atoms with Gasteiger partial charge in [0.2, 0.25) is 0 Å². The van der Waals surface area contributed by atoms with Gasteiger partial charge in [-0.2, -0.15) is 0 Å². The van der Waals surface area contributed by atoms with Crippen molar-refractivity contribution in [1.82, 2.24) is 5.32 Å². The molecule has 0 bridgehead atoms. The lowest BCUT2D eigenvalue weighted by atomic mass is 10.1. The number of rotatable bonds is 7. The van der Waals surface area contributed by atoms with Crippen molar-refractivity contribution in [2.24, 2.45) is 11.7 Å². The van der Waals surface area contributed by atoms with E-state index in [0.29, 0.717) is 30.5 Å². The molecule has 1 aromatic heterocycles. The Morgan fingerprint density at radius 2 is 2.30 bits per heavy atom. The van der Waals surface area contributed by atoms with E-state index in [4.69, 9.17) is 10.5 Å². The zero-order valence-electron chi connectivity index (χ0n) is 12.1. The molecule has 0 unspecified atom stereocenters. The molecule has 0 fully saturated rings. The molecule has 0 aliphatic heterocycles. The van der Waals surface area contributed by atoms with Crippen LogP contribution in [0.5, 0.6) is 0 Å². The minimum atomic E-state index is -0.103. The summed E-state index contributed by atoms with van der Waals surface area (Å²) in [5.74, 6) is 6.20. The van der Waals surface area contributed by atoms with Gasteiger partial charge in [0, 0.05) is 18.7 Å². The van der Waals surface area contributed by atoms with Crippen molar-refractivity contribution in [3.8, 4) is 11.8 Å². The molecule has 1 rings (SSSR count). The number of nitrogens with two attached hydrogens (primary N) is 1. The zero-order chi connectivity index (χ0) is 14.8. The van der Waals surface area contributed by atoms with Crippen LogP contribution in [0, 0.1) is 17.8 Å². The van der Waals surface area contributed by atoms with Crippen LogP contribution in [0.15, 0.2) is 11.4 Å². The maximum absolute atomic E-state index is 12.0. The highest BCUT2D eigenvalue weighted by Gasteiger charge is 2.11. The summed E-state index contributed by atoms with van der Waals surface area (Å²) in [6.45, 7) is 6.39. The summed E-state index contributed by atoms with van der Waals surface area (Å²) in [6.07, 6.45) is 1.04. The fourth-order valence-electron chi connectivity index (χ4n) is 1.47. The largest absolute Gasteiger partial charge is 0.380 e. The first kappa shape index (κ1) is 16.7. The Bertz CT molecular complexity index is 472. The number of amides is 1. The Kier molecular flexibility index (Phi) is 7.97. The van der Waals surface area contributed by atoms with E-state index >= 15 is 0 Å². The highest BCUT2D eigenvalue weighted by atomic mass is 32.1. The molecule has 110 valence electrons. The molecule has 20 heavy (non-hydrogen) atoms. The lowest BCUT2D eigenvalue weighted by molar-refractivity contribution is 0.0909. The van der Waals surface area contributed by atoms with E-state index < -0.39 is 0 Å². The normalized spacial score (nSPS) is 10.2. The summed E-state index contributed by atoms with van der Waals surface area (Å²) in [6, 6.07) is 1.83. The van der Waals surface area contributed by atoms with Crippen LogP contribution < -0.4 is 11.1 Å². The molecule has 0 radical (unpaired) electrons. The summed E-state index contributed by atoms with van der Waals surface area (Å²) in [7, 11) is 0. The van der Waals surface area contributed by atoms with Gasteiger partial charge in [-0.25, -0.2) is 0 Å². The third-order valence-electron chi connectivity index (χ3n) is 2.57. The maximum atomic E-state index is 12.0. The van der Waals surface area contributed by atoms with Gasteiger partial charge in [0.15, 0.2) is 0 Å². The second-order valence-corrected chi connectivity index (χ2v) is 5.64. The number of carbonyl (C=O) groups is 1. The maximum Gasteiger partial charge on any atom is 0.262 e. The molecule has 3 N–H and O–H groups in total. The van der Waals surface area contributed by atoms with Gasteiger partial charge in [-0.15, -0.1) is 11.3 Å². The minimum absolute atomic E-state index is 0.103. The SMILES string of the molecule is CC(C)CCOCCNC(=O)c1sccc1C#CCN. The van der Waals surface area contributed by atoms with Gasteiger partial charge in [0.05, 0.1) is 13.2 Å². The Morgan fingerprint density at radius 3 is 3.00 bits per heavy atom. The third kappa shape index (κ3) is 6.20. The molecule has 4 nitrogen and oxygen atoms in total. The van der Waals surface area contributed by atoms with Crippen LogP contribution in [-0.4, -0.2) is 32.2 Å². The van der Waals surface area contributed by atoms with Crippen LogP contribution in [-0.2, 0) is 4.74 Å². The number of carbonyl (C=O) groups excluding carboxylic acids is 1. The lowest BCUT2D eigenvalue weighted by Crippen LogP contribution is -2.27. The van der Waals surface area contributed by atoms with Gasteiger partial charge < -0.3 is 15.8 Å². The van der Waals surface area contributed by atoms with E-state index in [1.165, 1.54) is 11.3 Å². The van der Waals surface area contributed by atoms with E-state index in [9.17, 15) is 4.79 Å². The lowest BCUT2D eigenvalue weighted by Gasteiger charge is -2.07. The average Bonchev–Trinajstić information content (AvgIpc) is 2.88. The van der Waals surface area contributed by atoms with Crippen LogP contribution in [0.2, 0.25) is 0 Å². The van der Waals surface area contributed by atoms with Crippen molar-refractivity contribution < 1.29 is 9.53 Å². The van der Waals surface area contributed by atoms with Crippen molar-refractivity contribution in [3.63, 3.8) is 0 Å². The molecule has 0 aliphatic carbocycles. The van der Waals surface area contributed by atoms with Gasteiger partial charge >= 0.3 is 0 Å². The minimum Gasteiger partial charge on any atom is -0.380 e. The van der Waals surface area contributed by atoms with Crippen molar-refractivity contribution in [3.05, 3.63) is 21.9 Å². The van der Waals surface area contributed by atoms with E-state index in [1.807, 2.05) is 11.4 Å². The van der Waals surface area contributed by atoms with Crippen LogP contribution in [0.4, 0.5) is 0 Å². The highest BCUT2D eigenvalue weighted by Crippen LogP contribution is 2.15. The fourth-order valence-corrected chi connectivity index (χ4v) is 2.23. The van der Waals surface area contributed by atoms with Crippen molar-refractivity contribution in [1.29, 1.82) is 0 Å². The fraction of sp³-hybridized carbons (Fsp3) is 0.533. The standard InChI is InChI=1S/C15H22N2O2S/c1-12(2)5-9-19-10-8-17-15(18)14-13(4-3-7-16)6-11-20-14/h6,11-12H,5,7-10,16H2,1-2H3,(H,17,18). The predicted octanol–water partition coefficient (Wildman–Crippen LogP) is 1.85. The molecule has 0 saturated carbocycles. The molecule has 0 aliphatic rings. The number of hydrogen-bond donors (Lipinski definition) is 2. The van der Waals surface area contributed by atoms with Crippen LogP contribution in [0.25, 0.3) is 0 Å². The quantitative estimate of drug-likeness (QED) is 0.596. The molecule has 0 aromatic carbocycles. The first-order valence-electron chi connectivity index (χ1n) is 6.77. The Hall–Kier alpha value is -1.35. The van der Waals surface area contributed by atoms with Gasteiger partial charge in [-0.05, 0) is 23.8 Å². The first-order chi connectivity index (χ1) is 9.65. The predicted molar refractivity (Wildman–Crippen MR) is 82.9 cm³/mol. The molecule has 5 heteroatoms.